The molecule has 2 atom stereocenters. The van der Waals surface area contributed by atoms with Crippen molar-refractivity contribution in [3.63, 3.8) is 0 Å². The van der Waals surface area contributed by atoms with Gasteiger partial charge >= 0.3 is 0 Å². The monoisotopic (exact) mass is 405 g/mol. The Morgan fingerprint density at radius 3 is 2.23 bits per heavy atom. The number of ether oxygens (including phenoxy) is 2. The van der Waals surface area contributed by atoms with Gasteiger partial charge < -0.3 is 14.8 Å². The van der Waals surface area contributed by atoms with Gasteiger partial charge in [0.2, 0.25) is 5.91 Å². The third-order valence-corrected chi connectivity index (χ3v) is 5.88. The Labute approximate surface area is 177 Å². The number of allylic oxidation sites excluding steroid dienone is 2. The van der Waals surface area contributed by atoms with Crippen LogP contribution in [-0.2, 0) is 9.59 Å². The summed E-state index contributed by atoms with van der Waals surface area (Å²) in [6, 6.07) is 15.6. The Bertz CT molecular complexity index is 960. The molecule has 1 N–H and O–H groups in total. The highest BCUT2D eigenvalue weighted by molar-refractivity contribution is 6.02. The number of benzene rings is 2. The van der Waals surface area contributed by atoms with Gasteiger partial charge in [0.15, 0.2) is 5.78 Å². The zero-order valence-electron chi connectivity index (χ0n) is 17.4. The number of rotatable bonds is 6. The molecule has 0 bridgehead atoms. The van der Waals surface area contributed by atoms with Gasteiger partial charge in [-0.1, -0.05) is 31.2 Å². The molecule has 1 aliphatic carbocycles. The van der Waals surface area contributed by atoms with Gasteiger partial charge in [-0.3, -0.25) is 9.59 Å². The topological polar surface area (TPSA) is 64.6 Å². The minimum atomic E-state index is -0.196. The van der Waals surface area contributed by atoms with Crippen LogP contribution in [-0.4, -0.2) is 25.4 Å². The first kappa shape index (κ1) is 20.2. The first-order valence-corrected chi connectivity index (χ1v) is 10.5. The van der Waals surface area contributed by atoms with Crippen LogP contribution < -0.4 is 14.8 Å². The molecule has 0 fully saturated rings. The summed E-state index contributed by atoms with van der Waals surface area (Å²) in [7, 11) is 1.64. The van der Waals surface area contributed by atoms with E-state index in [0.717, 1.165) is 40.3 Å². The van der Waals surface area contributed by atoms with Gasteiger partial charge in [0, 0.05) is 30.0 Å². The molecule has 2 aromatic rings. The first-order chi connectivity index (χ1) is 14.6. The molecular weight excluding hydrogens is 378 g/mol. The molecule has 4 rings (SSSR count). The number of ketones is 1. The van der Waals surface area contributed by atoms with E-state index in [4.69, 9.17) is 9.47 Å². The summed E-state index contributed by atoms with van der Waals surface area (Å²) in [6.45, 7) is 2.74. The molecule has 1 amide bonds. The Kier molecular flexibility index (Phi) is 5.88. The lowest BCUT2D eigenvalue weighted by Gasteiger charge is -2.34. The smallest absolute Gasteiger partial charge is 0.225 e. The second-order valence-electron chi connectivity index (χ2n) is 7.92. The van der Waals surface area contributed by atoms with E-state index in [-0.39, 0.29) is 23.5 Å². The van der Waals surface area contributed by atoms with E-state index in [1.807, 2.05) is 48.5 Å². The van der Waals surface area contributed by atoms with E-state index in [1.54, 1.807) is 7.11 Å². The maximum absolute atomic E-state index is 13.2. The van der Waals surface area contributed by atoms with Crippen molar-refractivity contribution in [1.29, 1.82) is 0 Å². The second kappa shape index (κ2) is 8.74. The quantitative estimate of drug-likeness (QED) is 0.769. The minimum absolute atomic E-state index is 0.0340. The Balaban J connectivity index is 1.60. The number of carbonyl (C=O) groups is 2. The van der Waals surface area contributed by atoms with Crippen molar-refractivity contribution in [2.24, 2.45) is 0 Å². The minimum Gasteiger partial charge on any atom is -0.497 e. The van der Waals surface area contributed by atoms with Gasteiger partial charge in [-0.05, 0) is 54.2 Å². The summed E-state index contributed by atoms with van der Waals surface area (Å²) in [6.07, 6.45) is 2.36. The summed E-state index contributed by atoms with van der Waals surface area (Å²) in [5.74, 6) is 1.55. The zero-order chi connectivity index (χ0) is 21.1. The molecule has 1 heterocycles. The number of carbonyl (C=O) groups excluding carboxylic acids is 2. The second-order valence-corrected chi connectivity index (χ2v) is 7.92. The van der Waals surface area contributed by atoms with Gasteiger partial charge in [0.1, 0.15) is 11.5 Å². The van der Waals surface area contributed by atoms with Crippen LogP contribution in [0.15, 0.2) is 59.8 Å². The largest absolute Gasteiger partial charge is 0.497 e. The fourth-order valence-corrected chi connectivity index (χ4v) is 4.37. The van der Waals surface area contributed by atoms with Crippen molar-refractivity contribution in [3.05, 3.63) is 70.9 Å². The predicted octanol–water partition coefficient (Wildman–Crippen LogP) is 4.49. The molecule has 1 aliphatic heterocycles. The highest BCUT2D eigenvalue weighted by atomic mass is 16.5. The number of methoxy groups -OCH3 is 1. The lowest BCUT2D eigenvalue weighted by molar-refractivity contribution is -0.122. The molecule has 5 nitrogen and oxygen atoms in total. The molecule has 0 radical (unpaired) electrons. The molecule has 2 aliphatic rings. The lowest BCUT2D eigenvalue weighted by Crippen LogP contribution is -2.38. The molecular formula is C25H27NO4. The molecule has 0 saturated carbocycles. The van der Waals surface area contributed by atoms with Gasteiger partial charge in [0.05, 0.1) is 13.7 Å². The summed E-state index contributed by atoms with van der Waals surface area (Å²) in [5.41, 5.74) is 3.61. The fourth-order valence-electron chi connectivity index (χ4n) is 4.37. The summed E-state index contributed by atoms with van der Waals surface area (Å²) >= 11 is 0. The van der Waals surface area contributed by atoms with Gasteiger partial charge in [0.25, 0.3) is 0 Å². The van der Waals surface area contributed by atoms with Gasteiger partial charge in [-0.2, -0.15) is 0 Å². The molecule has 2 aromatic carbocycles. The van der Waals surface area contributed by atoms with Crippen LogP contribution in [0.5, 0.6) is 11.5 Å². The third kappa shape index (κ3) is 4.11. The average molecular weight is 405 g/mol. The van der Waals surface area contributed by atoms with E-state index in [2.05, 4.69) is 12.2 Å². The third-order valence-electron chi connectivity index (χ3n) is 5.88. The van der Waals surface area contributed by atoms with Crippen LogP contribution in [0.3, 0.4) is 0 Å². The highest BCUT2D eigenvalue weighted by Gasteiger charge is 2.38. The Hall–Kier alpha value is -3.08. The molecule has 0 unspecified atom stereocenters. The molecule has 156 valence electrons. The summed E-state index contributed by atoms with van der Waals surface area (Å²) in [5, 5.41) is 2.98. The van der Waals surface area contributed by atoms with Crippen LogP contribution in [0.2, 0.25) is 0 Å². The summed E-state index contributed by atoms with van der Waals surface area (Å²) < 4.78 is 10.9. The normalized spacial score (nSPS) is 21.1. The van der Waals surface area contributed by atoms with E-state index >= 15 is 0 Å². The number of nitrogens with one attached hydrogen (secondary N) is 1. The van der Waals surface area contributed by atoms with Crippen molar-refractivity contribution in [1.82, 2.24) is 5.32 Å². The molecule has 5 heteroatoms. The van der Waals surface area contributed by atoms with Crippen molar-refractivity contribution in [3.8, 4) is 11.5 Å². The van der Waals surface area contributed by atoms with E-state index in [1.165, 1.54) is 0 Å². The zero-order valence-corrected chi connectivity index (χ0v) is 17.4. The predicted molar refractivity (Wildman–Crippen MR) is 115 cm³/mol. The fraction of sp³-hybridized carbons (Fsp3) is 0.360. The molecule has 30 heavy (non-hydrogen) atoms. The lowest BCUT2D eigenvalue weighted by atomic mass is 9.73. The Morgan fingerprint density at radius 1 is 0.900 bits per heavy atom. The SMILES string of the molecule is CCCOc1ccc([C@H]2CC(=O)NC3=C2C(=O)C[C@@H](c2ccc(OC)cc2)C3)cc1. The average Bonchev–Trinajstić information content (AvgIpc) is 2.77. The Morgan fingerprint density at radius 2 is 1.57 bits per heavy atom. The number of amides is 1. The van der Waals surface area contributed by atoms with Crippen LogP contribution in [0, 0.1) is 0 Å². The number of hydrogen-bond acceptors (Lipinski definition) is 4. The highest BCUT2D eigenvalue weighted by Crippen LogP contribution is 2.42. The standard InChI is InChI=1S/C25H27NO4/c1-3-12-30-20-10-6-17(7-11-20)21-15-24(28)26-22-13-18(14-23(27)25(21)22)16-4-8-19(29-2)9-5-16/h4-11,18,21H,3,12-15H2,1-2H3,(H,26,28)/t18-,21+/m0/s1. The maximum Gasteiger partial charge on any atom is 0.225 e. The van der Waals surface area contributed by atoms with Crippen molar-refractivity contribution < 1.29 is 19.1 Å². The van der Waals surface area contributed by atoms with Crippen molar-refractivity contribution in [2.75, 3.05) is 13.7 Å². The van der Waals surface area contributed by atoms with E-state index in [0.29, 0.717) is 25.9 Å². The van der Waals surface area contributed by atoms with Crippen LogP contribution in [0.25, 0.3) is 0 Å². The van der Waals surface area contributed by atoms with Gasteiger partial charge in [-0.25, -0.2) is 0 Å². The molecule has 0 aromatic heterocycles. The van der Waals surface area contributed by atoms with Crippen LogP contribution in [0.4, 0.5) is 0 Å². The molecule has 0 spiro atoms. The first-order valence-electron chi connectivity index (χ1n) is 10.5. The van der Waals surface area contributed by atoms with E-state index in [9.17, 15) is 9.59 Å². The van der Waals surface area contributed by atoms with Crippen molar-refractivity contribution >= 4 is 11.7 Å². The van der Waals surface area contributed by atoms with Gasteiger partial charge in [-0.15, -0.1) is 0 Å². The van der Waals surface area contributed by atoms with Crippen LogP contribution in [0.1, 0.15) is 55.6 Å². The number of hydrogen-bond donors (Lipinski definition) is 1. The van der Waals surface area contributed by atoms with Crippen molar-refractivity contribution in [2.45, 2.75) is 44.4 Å². The summed E-state index contributed by atoms with van der Waals surface area (Å²) in [4.78, 5) is 25.6. The van der Waals surface area contributed by atoms with Crippen LogP contribution >= 0.6 is 0 Å². The molecule has 0 saturated heterocycles. The maximum atomic E-state index is 13.2. The van der Waals surface area contributed by atoms with E-state index < -0.39 is 0 Å². The number of Topliss-reactive ketones (excluding diaryl/α,β-unsaturated/α-hetero) is 1.